The van der Waals surface area contributed by atoms with Crippen LogP contribution in [0.3, 0.4) is 0 Å². The Hall–Kier alpha value is -1.88. The molecule has 0 aromatic heterocycles. The quantitative estimate of drug-likeness (QED) is 0.712. The molecule has 2 rings (SSSR count). The zero-order valence-corrected chi connectivity index (χ0v) is 13.1. The van der Waals surface area contributed by atoms with Gasteiger partial charge in [-0.05, 0) is 37.4 Å². The van der Waals surface area contributed by atoms with E-state index in [2.05, 4.69) is 16.0 Å². The molecule has 22 heavy (non-hydrogen) atoms. The fraction of sp³-hybridized carbons (Fsp3) is 0.529. The fourth-order valence-corrected chi connectivity index (χ4v) is 2.82. The molecule has 0 spiro atoms. The van der Waals surface area contributed by atoms with Gasteiger partial charge in [0.1, 0.15) is 0 Å². The Morgan fingerprint density at radius 1 is 1.32 bits per heavy atom. The summed E-state index contributed by atoms with van der Waals surface area (Å²) < 4.78 is 0. The molecule has 1 heterocycles. The van der Waals surface area contributed by atoms with Crippen molar-refractivity contribution in [2.45, 2.75) is 32.2 Å². The van der Waals surface area contributed by atoms with Crippen molar-refractivity contribution in [2.75, 3.05) is 19.6 Å². The smallest absolute Gasteiger partial charge is 0.222 e. The van der Waals surface area contributed by atoms with E-state index in [0.29, 0.717) is 12.5 Å². The lowest BCUT2D eigenvalue weighted by Gasteiger charge is -2.18. The number of rotatable bonds is 7. The number of hydrogen-bond acceptors (Lipinski definition) is 3. The van der Waals surface area contributed by atoms with Gasteiger partial charge < -0.3 is 16.0 Å². The molecular weight excluding hydrogens is 278 g/mol. The van der Waals surface area contributed by atoms with Crippen molar-refractivity contribution in [1.82, 2.24) is 16.0 Å². The van der Waals surface area contributed by atoms with Crippen molar-refractivity contribution in [3.05, 3.63) is 35.9 Å². The Kier molecular flexibility index (Phi) is 6.40. The van der Waals surface area contributed by atoms with E-state index in [0.717, 1.165) is 25.1 Å². The van der Waals surface area contributed by atoms with Gasteiger partial charge in [-0.25, -0.2) is 0 Å². The maximum atomic E-state index is 12.1. The molecule has 2 unspecified atom stereocenters. The van der Waals surface area contributed by atoms with Crippen molar-refractivity contribution < 1.29 is 9.59 Å². The summed E-state index contributed by atoms with van der Waals surface area (Å²) in [5.41, 5.74) is 0.952. The van der Waals surface area contributed by atoms with E-state index in [1.807, 2.05) is 30.3 Å². The molecule has 0 radical (unpaired) electrons. The van der Waals surface area contributed by atoms with Gasteiger partial charge in [0.2, 0.25) is 11.8 Å². The van der Waals surface area contributed by atoms with E-state index >= 15 is 0 Å². The van der Waals surface area contributed by atoms with Gasteiger partial charge in [0.15, 0.2) is 0 Å². The van der Waals surface area contributed by atoms with Crippen LogP contribution in [-0.4, -0.2) is 31.4 Å². The summed E-state index contributed by atoms with van der Waals surface area (Å²) in [6.07, 6.45) is 2.47. The van der Waals surface area contributed by atoms with Crippen LogP contribution in [0.15, 0.2) is 30.3 Å². The highest BCUT2D eigenvalue weighted by atomic mass is 16.2. The van der Waals surface area contributed by atoms with E-state index in [1.165, 1.54) is 13.3 Å². The van der Waals surface area contributed by atoms with E-state index in [1.54, 1.807) is 0 Å². The van der Waals surface area contributed by atoms with Crippen LogP contribution >= 0.6 is 0 Å². The first-order chi connectivity index (χ1) is 10.6. The van der Waals surface area contributed by atoms with Crippen LogP contribution in [0.25, 0.3) is 0 Å². The molecule has 5 heteroatoms. The lowest BCUT2D eigenvalue weighted by molar-refractivity contribution is -0.122. The minimum atomic E-state index is -0.271. The SMILES string of the molecule is CC(=O)NC(CC(=O)NCCC1CCNC1)c1ccccc1. The molecule has 1 aromatic rings. The van der Waals surface area contributed by atoms with E-state index in [9.17, 15) is 9.59 Å². The molecule has 1 aliphatic heterocycles. The van der Waals surface area contributed by atoms with Gasteiger partial charge >= 0.3 is 0 Å². The lowest BCUT2D eigenvalue weighted by Crippen LogP contribution is -2.33. The summed E-state index contributed by atoms with van der Waals surface area (Å²) in [6, 6.07) is 9.33. The highest BCUT2D eigenvalue weighted by Gasteiger charge is 2.18. The summed E-state index contributed by atoms with van der Waals surface area (Å²) >= 11 is 0. The third-order valence-electron chi connectivity index (χ3n) is 4.01. The van der Waals surface area contributed by atoms with Gasteiger partial charge in [-0.15, -0.1) is 0 Å². The highest BCUT2D eigenvalue weighted by molar-refractivity contribution is 5.79. The number of hydrogen-bond donors (Lipinski definition) is 3. The van der Waals surface area contributed by atoms with Gasteiger partial charge in [0, 0.05) is 13.5 Å². The second kappa shape index (κ2) is 8.54. The molecule has 0 saturated carbocycles. The molecule has 1 aliphatic rings. The monoisotopic (exact) mass is 303 g/mol. The lowest BCUT2D eigenvalue weighted by atomic mass is 10.0. The van der Waals surface area contributed by atoms with Crippen molar-refractivity contribution in [3.8, 4) is 0 Å². The van der Waals surface area contributed by atoms with Crippen LogP contribution in [-0.2, 0) is 9.59 Å². The number of carbonyl (C=O) groups excluding carboxylic acids is 2. The largest absolute Gasteiger partial charge is 0.356 e. The van der Waals surface area contributed by atoms with Crippen molar-refractivity contribution in [1.29, 1.82) is 0 Å². The maximum absolute atomic E-state index is 12.1. The van der Waals surface area contributed by atoms with E-state index in [-0.39, 0.29) is 24.3 Å². The normalized spacial score (nSPS) is 18.7. The molecule has 2 amide bonds. The molecule has 2 atom stereocenters. The molecule has 120 valence electrons. The number of carbonyl (C=O) groups is 2. The Labute approximate surface area is 131 Å². The minimum Gasteiger partial charge on any atom is -0.356 e. The van der Waals surface area contributed by atoms with Crippen LogP contribution in [0.4, 0.5) is 0 Å². The van der Waals surface area contributed by atoms with Crippen LogP contribution in [0.2, 0.25) is 0 Å². The number of nitrogens with one attached hydrogen (secondary N) is 3. The fourth-order valence-electron chi connectivity index (χ4n) is 2.82. The molecule has 3 N–H and O–H groups in total. The maximum Gasteiger partial charge on any atom is 0.222 e. The van der Waals surface area contributed by atoms with Gasteiger partial charge in [-0.2, -0.15) is 0 Å². The van der Waals surface area contributed by atoms with Gasteiger partial charge in [-0.3, -0.25) is 9.59 Å². The Balaban J connectivity index is 1.81. The van der Waals surface area contributed by atoms with Crippen molar-refractivity contribution in [2.24, 2.45) is 5.92 Å². The van der Waals surface area contributed by atoms with Crippen LogP contribution in [0.1, 0.15) is 37.8 Å². The second-order valence-corrected chi connectivity index (χ2v) is 5.87. The van der Waals surface area contributed by atoms with Crippen molar-refractivity contribution >= 4 is 11.8 Å². The Morgan fingerprint density at radius 3 is 2.73 bits per heavy atom. The average Bonchev–Trinajstić information content (AvgIpc) is 3.00. The van der Waals surface area contributed by atoms with Gasteiger partial charge in [0.05, 0.1) is 12.5 Å². The topological polar surface area (TPSA) is 70.2 Å². The van der Waals surface area contributed by atoms with Crippen LogP contribution in [0, 0.1) is 5.92 Å². The van der Waals surface area contributed by atoms with Gasteiger partial charge in [-0.1, -0.05) is 30.3 Å². The molecule has 0 aliphatic carbocycles. The van der Waals surface area contributed by atoms with Crippen molar-refractivity contribution in [3.63, 3.8) is 0 Å². The first-order valence-electron chi connectivity index (χ1n) is 7.94. The van der Waals surface area contributed by atoms with Crippen LogP contribution < -0.4 is 16.0 Å². The van der Waals surface area contributed by atoms with E-state index < -0.39 is 0 Å². The standard InChI is InChI=1S/C17H25N3O2/c1-13(21)20-16(15-5-3-2-4-6-15)11-17(22)19-10-8-14-7-9-18-12-14/h2-6,14,16,18H,7-12H2,1H3,(H,19,22)(H,20,21). The Morgan fingerprint density at radius 2 is 2.09 bits per heavy atom. The summed E-state index contributed by atoms with van der Waals surface area (Å²) in [5, 5.41) is 9.14. The average molecular weight is 303 g/mol. The molecule has 1 aromatic carbocycles. The summed E-state index contributed by atoms with van der Waals surface area (Å²) in [4.78, 5) is 23.5. The molecule has 1 saturated heterocycles. The summed E-state index contributed by atoms with van der Waals surface area (Å²) in [7, 11) is 0. The summed E-state index contributed by atoms with van der Waals surface area (Å²) in [5.74, 6) is 0.521. The molecular formula is C17H25N3O2. The first kappa shape index (κ1) is 16.5. The number of amides is 2. The summed E-state index contributed by atoms with van der Waals surface area (Å²) in [6.45, 7) is 4.30. The third-order valence-corrected chi connectivity index (χ3v) is 4.01. The number of benzene rings is 1. The Bertz CT molecular complexity index is 484. The zero-order chi connectivity index (χ0) is 15.8. The second-order valence-electron chi connectivity index (χ2n) is 5.87. The first-order valence-corrected chi connectivity index (χ1v) is 7.94. The molecule has 5 nitrogen and oxygen atoms in total. The van der Waals surface area contributed by atoms with Gasteiger partial charge in [0.25, 0.3) is 0 Å². The predicted molar refractivity (Wildman–Crippen MR) is 86.2 cm³/mol. The van der Waals surface area contributed by atoms with E-state index in [4.69, 9.17) is 0 Å². The highest BCUT2D eigenvalue weighted by Crippen LogP contribution is 2.16. The molecule has 0 bridgehead atoms. The van der Waals surface area contributed by atoms with Crippen LogP contribution in [0.5, 0.6) is 0 Å². The predicted octanol–water partition coefficient (Wildman–Crippen LogP) is 1.37. The minimum absolute atomic E-state index is 0.0199. The zero-order valence-electron chi connectivity index (χ0n) is 13.1. The molecule has 1 fully saturated rings. The third kappa shape index (κ3) is 5.48.